The van der Waals surface area contributed by atoms with Gasteiger partial charge in [0.2, 0.25) is 5.82 Å². The molecule has 0 aliphatic carbocycles. The Bertz CT molecular complexity index is 438. The van der Waals surface area contributed by atoms with Gasteiger partial charge in [-0.2, -0.15) is 4.99 Å². The van der Waals surface area contributed by atoms with Crippen molar-refractivity contribution < 1.29 is 4.92 Å². The molecule has 7 heteroatoms. The Balaban J connectivity index is 0.000000921. The SMILES string of the molecule is C#C.Cc1ncc([N+](=O)[O-])c(N=C=S)n1. The first-order chi connectivity index (χ1) is 7.15. The van der Waals surface area contributed by atoms with Crippen LogP contribution in [0.15, 0.2) is 11.2 Å². The molecule has 0 saturated carbocycles. The van der Waals surface area contributed by atoms with Gasteiger partial charge in [0.15, 0.2) is 0 Å². The molecule has 0 amide bonds. The highest BCUT2D eigenvalue weighted by atomic mass is 32.1. The minimum absolute atomic E-state index is 0.0625. The van der Waals surface area contributed by atoms with E-state index < -0.39 is 4.92 Å². The normalized spacial score (nSPS) is 7.93. The Hall–Kier alpha value is -2.16. The number of nitro groups is 1. The van der Waals surface area contributed by atoms with Gasteiger partial charge in [0.05, 0.1) is 10.1 Å². The zero-order valence-electron chi connectivity index (χ0n) is 7.75. The summed E-state index contributed by atoms with van der Waals surface area (Å²) >= 11 is 4.32. The van der Waals surface area contributed by atoms with E-state index in [2.05, 4.69) is 40.0 Å². The third-order valence-electron chi connectivity index (χ3n) is 1.22. The van der Waals surface area contributed by atoms with E-state index in [0.29, 0.717) is 5.82 Å². The molecule has 0 unspecified atom stereocenters. The number of hydrogen-bond acceptors (Lipinski definition) is 6. The number of isothiocyanates is 1. The van der Waals surface area contributed by atoms with Gasteiger partial charge in [0, 0.05) is 0 Å². The van der Waals surface area contributed by atoms with Crippen molar-refractivity contribution in [2.45, 2.75) is 6.92 Å². The number of aryl methyl sites for hydroxylation is 1. The molecule has 15 heavy (non-hydrogen) atoms. The molecule has 1 rings (SSSR count). The molecule has 1 heterocycles. The molecule has 0 aliphatic rings. The summed E-state index contributed by atoms with van der Waals surface area (Å²) < 4.78 is 0. The average molecular weight is 222 g/mol. The van der Waals surface area contributed by atoms with Gasteiger partial charge >= 0.3 is 5.69 Å². The van der Waals surface area contributed by atoms with Crippen molar-refractivity contribution in [2.75, 3.05) is 0 Å². The summed E-state index contributed by atoms with van der Waals surface area (Å²) in [5.41, 5.74) is -0.275. The van der Waals surface area contributed by atoms with E-state index in [-0.39, 0.29) is 11.5 Å². The topological polar surface area (TPSA) is 81.3 Å². The first-order valence-corrected chi connectivity index (χ1v) is 3.95. The van der Waals surface area contributed by atoms with Crippen molar-refractivity contribution in [3.63, 3.8) is 0 Å². The van der Waals surface area contributed by atoms with Crippen LogP contribution in [0.2, 0.25) is 0 Å². The van der Waals surface area contributed by atoms with E-state index in [0.717, 1.165) is 6.20 Å². The lowest BCUT2D eigenvalue weighted by Gasteiger charge is -1.94. The summed E-state index contributed by atoms with van der Waals surface area (Å²) in [6.45, 7) is 1.60. The van der Waals surface area contributed by atoms with E-state index in [1.807, 2.05) is 5.16 Å². The second-order valence-electron chi connectivity index (χ2n) is 2.09. The Morgan fingerprint density at radius 1 is 1.67 bits per heavy atom. The molecule has 0 atom stereocenters. The summed E-state index contributed by atoms with van der Waals surface area (Å²) in [4.78, 5) is 20.7. The van der Waals surface area contributed by atoms with E-state index >= 15 is 0 Å². The molecular formula is C8H6N4O2S. The molecule has 0 saturated heterocycles. The number of aromatic nitrogens is 2. The Kier molecular flexibility index (Phi) is 5.41. The Labute approximate surface area is 91.2 Å². The van der Waals surface area contributed by atoms with Crippen LogP contribution in [-0.2, 0) is 0 Å². The number of hydrogen-bond donors (Lipinski definition) is 0. The zero-order chi connectivity index (χ0) is 11.8. The van der Waals surface area contributed by atoms with Gasteiger partial charge in [-0.25, -0.2) is 9.97 Å². The summed E-state index contributed by atoms with van der Waals surface area (Å²) in [6.07, 6.45) is 9.09. The second kappa shape index (κ2) is 6.32. The van der Waals surface area contributed by atoms with Crippen LogP contribution in [0.1, 0.15) is 5.82 Å². The van der Waals surface area contributed by atoms with Gasteiger partial charge in [-0.1, -0.05) is 0 Å². The van der Waals surface area contributed by atoms with E-state index in [9.17, 15) is 10.1 Å². The highest BCUT2D eigenvalue weighted by Gasteiger charge is 2.14. The highest BCUT2D eigenvalue weighted by molar-refractivity contribution is 7.78. The lowest BCUT2D eigenvalue weighted by atomic mass is 10.5. The van der Waals surface area contributed by atoms with Crippen molar-refractivity contribution in [1.82, 2.24) is 9.97 Å². The molecule has 6 nitrogen and oxygen atoms in total. The van der Waals surface area contributed by atoms with Crippen LogP contribution in [0, 0.1) is 29.9 Å². The molecule has 0 aliphatic heterocycles. The summed E-state index contributed by atoms with van der Waals surface area (Å²) in [6, 6.07) is 0. The standard InChI is InChI=1S/C6H4N4O2S.C2H2/c1-4-7-2-5(10(11)12)6(9-4)8-3-13;1-2/h2H,1H3;1-2H. The summed E-state index contributed by atoms with van der Waals surface area (Å²) in [7, 11) is 0. The van der Waals surface area contributed by atoms with Crippen LogP contribution >= 0.6 is 12.2 Å². The number of rotatable bonds is 2. The highest BCUT2D eigenvalue weighted by Crippen LogP contribution is 2.22. The summed E-state index contributed by atoms with van der Waals surface area (Å²) in [5, 5.41) is 12.4. The van der Waals surface area contributed by atoms with Crippen LogP contribution < -0.4 is 0 Å². The Morgan fingerprint density at radius 2 is 2.27 bits per heavy atom. The van der Waals surface area contributed by atoms with Gasteiger partial charge in [-0.05, 0) is 19.1 Å². The second-order valence-corrected chi connectivity index (χ2v) is 2.27. The van der Waals surface area contributed by atoms with Gasteiger partial charge < -0.3 is 0 Å². The molecule has 0 radical (unpaired) electrons. The lowest BCUT2D eigenvalue weighted by Crippen LogP contribution is -1.94. The van der Waals surface area contributed by atoms with Crippen LogP contribution in [0.25, 0.3) is 0 Å². The predicted molar refractivity (Wildman–Crippen MR) is 58.0 cm³/mol. The van der Waals surface area contributed by atoms with Crippen molar-refractivity contribution in [3.8, 4) is 12.8 Å². The molecule has 0 bridgehead atoms. The molecular weight excluding hydrogens is 216 g/mol. The lowest BCUT2D eigenvalue weighted by molar-refractivity contribution is -0.384. The molecule has 1 aromatic rings. The van der Waals surface area contributed by atoms with Gasteiger partial charge in [0.25, 0.3) is 0 Å². The molecule has 0 aromatic carbocycles. The van der Waals surface area contributed by atoms with Crippen LogP contribution in [0.4, 0.5) is 11.5 Å². The number of nitrogens with zero attached hydrogens (tertiary/aromatic N) is 4. The fourth-order valence-corrected chi connectivity index (χ4v) is 0.792. The predicted octanol–water partition coefficient (Wildman–Crippen LogP) is 1.68. The maximum atomic E-state index is 10.4. The van der Waals surface area contributed by atoms with Gasteiger partial charge in [-0.3, -0.25) is 10.1 Å². The fourth-order valence-electron chi connectivity index (χ4n) is 0.706. The molecule has 0 spiro atoms. The maximum Gasteiger partial charge on any atom is 0.332 e. The first-order valence-electron chi connectivity index (χ1n) is 3.54. The number of terminal acetylenes is 1. The van der Waals surface area contributed by atoms with Crippen LogP contribution in [-0.4, -0.2) is 20.1 Å². The van der Waals surface area contributed by atoms with Gasteiger partial charge in [-0.15, -0.1) is 12.8 Å². The van der Waals surface area contributed by atoms with Gasteiger partial charge in [0.1, 0.15) is 12.0 Å². The third-order valence-corrected chi connectivity index (χ3v) is 1.31. The van der Waals surface area contributed by atoms with Crippen molar-refractivity contribution in [3.05, 3.63) is 22.1 Å². The summed E-state index contributed by atoms with van der Waals surface area (Å²) in [5.74, 6) is 0.335. The molecule has 0 fully saturated rings. The quantitative estimate of drug-likeness (QED) is 0.250. The number of aliphatic imine (C=N–C) groups is 1. The molecule has 0 N–H and O–H groups in total. The monoisotopic (exact) mass is 222 g/mol. The number of thiocarbonyl (C=S) groups is 1. The fraction of sp³-hybridized carbons (Fsp3) is 0.125. The molecule has 76 valence electrons. The minimum atomic E-state index is -0.620. The van der Waals surface area contributed by atoms with Crippen molar-refractivity contribution in [1.29, 1.82) is 0 Å². The van der Waals surface area contributed by atoms with E-state index in [1.54, 1.807) is 6.92 Å². The van der Waals surface area contributed by atoms with Crippen LogP contribution in [0.3, 0.4) is 0 Å². The van der Waals surface area contributed by atoms with E-state index in [1.165, 1.54) is 0 Å². The van der Waals surface area contributed by atoms with Crippen molar-refractivity contribution >= 4 is 28.9 Å². The molecule has 1 aromatic heterocycles. The van der Waals surface area contributed by atoms with Crippen LogP contribution in [0.5, 0.6) is 0 Å². The smallest absolute Gasteiger partial charge is 0.258 e. The minimum Gasteiger partial charge on any atom is -0.258 e. The first kappa shape index (κ1) is 12.8. The average Bonchev–Trinajstić information content (AvgIpc) is 2.21. The third kappa shape index (κ3) is 3.60. The van der Waals surface area contributed by atoms with Crippen molar-refractivity contribution in [2.24, 2.45) is 4.99 Å². The zero-order valence-corrected chi connectivity index (χ0v) is 8.56. The van der Waals surface area contributed by atoms with E-state index in [4.69, 9.17) is 0 Å². The largest absolute Gasteiger partial charge is 0.332 e. The maximum absolute atomic E-state index is 10.4. The Morgan fingerprint density at radius 3 is 2.73 bits per heavy atom.